The minimum atomic E-state index is -0.237. The molecule has 3 aliphatic heterocycles. The molecule has 0 radical (unpaired) electrons. The van der Waals surface area contributed by atoms with Gasteiger partial charge in [-0.3, -0.25) is 4.79 Å². The van der Waals surface area contributed by atoms with Crippen LogP contribution in [0.3, 0.4) is 0 Å². The van der Waals surface area contributed by atoms with Crippen molar-refractivity contribution in [3.8, 4) is 23.0 Å². The molecule has 2 aromatic rings. The summed E-state index contributed by atoms with van der Waals surface area (Å²) in [6.45, 7) is 0.693. The second kappa shape index (κ2) is 13.2. The molecule has 0 spiro atoms. The highest BCUT2D eigenvalue weighted by Gasteiger charge is 2.47. The Labute approximate surface area is 255 Å². The maximum absolute atomic E-state index is 13.5. The van der Waals surface area contributed by atoms with Gasteiger partial charge in [0.05, 0.1) is 32.5 Å². The van der Waals surface area contributed by atoms with Gasteiger partial charge in [-0.05, 0) is 84.1 Å². The molecule has 0 aliphatic carbocycles. The molecule has 5 rings (SSSR count). The highest BCUT2D eigenvalue weighted by atomic mass is 32.2. The number of amides is 1. The zero-order valence-corrected chi connectivity index (χ0v) is 27.0. The van der Waals surface area contributed by atoms with Gasteiger partial charge in [0.1, 0.15) is 4.08 Å². The lowest BCUT2D eigenvalue weighted by Crippen LogP contribution is -2.45. The zero-order chi connectivity index (χ0) is 28.2. The van der Waals surface area contributed by atoms with E-state index >= 15 is 0 Å². The van der Waals surface area contributed by atoms with Crippen LogP contribution in [0.15, 0.2) is 36.4 Å². The molecule has 0 bridgehead atoms. The van der Waals surface area contributed by atoms with Crippen LogP contribution in [0.25, 0.3) is 0 Å². The van der Waals surface area contributed by atoms with Gasteiger partial charge in [-0.25, -0.2) is 0 Å². The summed E-state index contributed by atoms with van der Waals surface area (Å²) in [6, 6.07) is 12.8. The number of nitrogens with zero attached hydrogens (tertiary/aromatic N) is 1. The smallest absolute Gasteiger partial charge is 0.222 e. The molecule has 0 saturated carbocycles. The SMILES string of the molecule is COc1ccc(C2(C[C@@H]3CCC(=O)N3CC3(c4ccc(OC)c(OC)c4)SCCCS3)SCCCS2)cc1OC. The molecule has 0 unspecified atom stereocenters. The average molecular weight is 622 g/mol. The van der Waals surface area contributed by atoms with Crippen LogP contribution in [0.5, 0.6) is 23.0 Å². The third-order valence-electron chi connectivity index (χ3n) is 7.90. The maximum Gasteiger partial charge on any atom is 0.222 e. The van der Waals surface area contributed by atoms with Crippen molar-refractivity contribution in [3.63, 3.8) is 0 Å². The lowest BCUT2D eigenvalue weighted by atomic mass is 10.0. The van der Waals surface area contributed by atoms with Crippen LogP contribution in [0.2, 0.25) is 0 Å². The van der Waals surface area contributed by atoms with Crippen LogP contribution >= 0.6 is 47.0 Å². The van der Waals surface area contributed by atoms with E-state index in [2.05, 4.69) is 29.2 Å². The van der Waals surface area contributed by atoms with E-state index in [1.54, 1.807) is 28.4 Å². The van der Waals surface area contributed by atoms with Crippen LogP contribution < -0.4 is 18.9 Å². The topological polar surface area (TPSA) is 57.2 Å². The second-order valence-electron chi connectivity index (χ2n) is 10.2. The van der Waals surface area contributed by atoms with E-state index in [4.69, 9.17) is 18.9 Å². The minimum Gasteiger partial charge on any atom is -0.493 e. The summed E-state index contributed by atoms with van der Waals surface area (Å²) >= 11 is 7.99. The van der Waals surface area contributed by atoms with Gasteiger partial charge < -0.3 is 23.8 Å². The number of hydrogen-bond donors (Lipinski definition) is 0. The molecular formula is C30H39NO5S4. The number of carbonyl (C=O) groups excluding carboxylic acids is 1. The zero-order valence-electron chi connectivity index (χ0n) is 23.7. The van der Waals surface area contributed by atoms with Gasteiger partial charge in [0.25, 0.3) is 0 Å². The van der Waals surface area contributed by atoms with Crippen LogP contribution in [-0.2, 0) is 13.0 Å². The first-order chi connectivity index (χ1) is 19.5. The van der Waals surface area contributed by atoms with Gasteiger partial charge in [-0.1, -0.05) is 12.1 Å². The predicted molar refractivity (Wildman–Crippen MR) is 171 cm³/mol. The number of methoxy groups -OCH3 is 4. The Morgan fingerprint density at radius 2 is 1.20 bits per heavy atom. The Morgan fingerprint density at radius 1 is 0.725 bits per heavy atom. The van der Waals surface area contributed by atoms with Gasteiger partial charge in [0.2, 0.25) is 5.91 Å². The lowest BCUT2D eigenvalue weighted by molar-refractivity contribution is -0.129. The number of ether oxygens (including phenoxy) is 4. The molecule has 2 aromatic carbocycles. The molecule has 40 heavy (non-hydrogen) atoms. The summed E-state index contributed by atoms with van der Waals surface area (Å²) in [5, 5.41) is 0. The van der Waals surface area contributed by atoms with E-state index in [-0.39, 0.29) is 20.1 Å². The molecule has 0 N–H and O–H groups in total. The Balaban J connectivity index is 1.46. The molecule has 1 atom stereocenters. The number of hydrogen-bond acceptors (Lipinski definition) is 9. The molecule has 0 aromatic heterocycles. The standard InChI is InChI=1S/C30H39NO5S4/c1-33-24-10-7-21(17-26(24)35-3)29(37-13-5-14-38-29)19-23-9-12-28(32)31(23)20-30(39-15-6-16-40-30)22-8-11-25(34-2)27(18-22)36-4/h7-8,10-11,17-18,23H,5-6,9,12-16,19-20H2,1-4H3/t23-/m0/s1. The summed E-state index contributed by atoms with van der Waals surface area (Å²) in [5.41, 5.74) is 2.43. The van der Waals surface area contributed by atoms with Crippen molar-refractivity contribution >= 4 is 53.0 Å². The van der Waals surface area contributed by atoms with Crippen LogP contribution in [0.1, 0.15) is 43.2 Å². The Kier molecular flexibility index (Phi) is 9.91. The maximum atomic E-state index is 13.5. The van der Waals surface area contributed by atoms with Crippen LogP contribution in [0, 0.1) is 0 Å². The molecule has 10 heteroatoms. The normalized spacial score (nSPS) is 22.1. The molecule has 218 valence electrons. The van der Waals surface area contributed by atoms with E-state index in [1.165, 1.54) is 24.0 Å². The van der Waals surface area contributed by atoms with Crippen molar-refractivity contribution in [1.82, 2.24) is 4.90 Å². The van der Waals surface area contributed by atoms with Crippen molar-refractivity contribution in [1.29, 1.82) is 0 Å². The molecule has 6 nitrogen and oxygen atoms in total. The van der Waals surface area contributed by atoms with E-state index in [0.717, 1.165) is 58.9 Å². The lowest BCUT2D eigenvalue weighted by Gasteiger charge is -2.44. The summed E-state index contributed by atoms with van der Waals surface area (Å²) < 4.78 is 22.0. The van der Waals surface area contributed by atoms with Gasteiger partial charge in [-0.15, -0.1) is 47.0 Å². The van der Waals surface area contributed by atoms with Crippen molar-refractivity contribution in [3.05, 3.63) is 47.5 Å². The number of benzene rings is 2. The van der Waals surface area contributed by atoms with E-state index in [0.29, 0.717) is 13.0 Å². The molecule has 3 fully saturated rings. The second-order valence-corrected chi connectivity index (χ2v) is 16.3. The van der Waals surface area contributed by atoms with Gasteiger partial charge in [-0.2, -0.15) is 0 Å². The molecule has 1 amide bonds. The first-order valence-corrected chi connectivity index (χ1v) is 17.7. The number of carbonyl (C=O) groups is 1. The summed E-state index contributed by atoms with van der Waals surface area (Å²) in [5.74, 6) is 7.62. The Bertz CT molecular complexity index is 1180. The minimum absolute atomic E-state index is 0.130. The Hall–Kier alpha value is -1.49. The first-order valence-electron chi connectivity index (χ1n) is 13.8. The van der Waals surface area contributed by atoms with Crippen molar-refractivity contribution < 1.29 is 23.7 Å². The van der Waals surface area contributed by atoms with Gasteiger partial charge in [0.15, 0.2) is 23.0 Å². The third-order valence-corrected chi connectivity index (χ3v) is 14.7. The van der Waals surface area contributed by atoms with Crippen molar-refractivity contribution in [2.75, 3.05) is 58.0 Å². The van der Waals surface area contributed by atoms with E-state index in [1.807, 2.05) is 59.2 Å². The predicted octanol–water partition coefficient (Wildman–Crippen LogP) is 6.85. The fraction of sp³-hybridized carbons (Fsp3) is 0.567. The van der Waals surface area contributed by atoms with Crippen molar-refractivity contribution in [2.24, 2.45) is 0 Å². The summed E-state index contributed by atoms with van der Waals surface area (Å²) in [6.07, 6.45) is 4.80. The third kappa shape index (κ3) is 6.01. The van der Waals surface area contributed by atoms with E-state index < -0.39 is 0 Å². The van der Waals surface area contributed by atoms with Gasteiger partial charge >= 0.3 is 0 Å². The fourth-order valence-electron chi connectivity index (χ4n) is 5.80. The monoisotopic (exact) mass is 621 g/mol. The van der Waals surface area contributed by atoms with E-state index in [9.17, 15) is 4.79 Å². The van der Waals surface area contributed by atoms with Gasteiger partial charge in [0, 0.05) is 19.0 Å². The highest BCUT2D eigenvalue weighted by molar-refractivity contribution is 8.18. The molecular weight excluding hydrogens is 583 g/mol. The quantitative estimate of drug-likeness (QED) is 0.284. The number of likely N-dealkylation sites (tertiary alicyclic amines) is 1. The average Bonchev–Trinajstić information content (AvgIpc) is 3.34. The Morgan fingerprint density at radius 3 is 1.70 bits per heavy atom. The summed E-state index contributed by atoms with van der Waals surface area (Å²) in [4.78, 5) is 15.7. The molecule has 3 heterocycles. The fourth-order valence-corrected chi connectivity index (χ4v) is 12.6. The largest absolute Gasteiger partial charge is 0.493 e. The first kappa shape index (κ1) is 30.0. The molecule has 3 saturated heterocycles. The van der Waals surface area contributed by atoms with Crippen LogP contribution in [0.4, 0.5) is 0 Å². The number of thioether (sulfide) groups is 4. The van der Waals surface area contributed by atoms with Crippen molar-refractivity contribution in [2.45, 2.75) is 46.3 Å². The number of rotatable bonds is 10. The van der Waals surface area contributed by atoms with Crippen LogP contribution in [-0.4, -0.2) is 74.8 Å². The summed E-state index contributed by atoms with van der Waals surface area (Å²) in [7, 11) is 6.72. The molecule has 3 aliphatic rings. The highest BCUT2D eigenvalue weighted by Crippen LogP contribution is 2.57.